The van der Waals surface area contributed by atoms with E-state index in [-0.39, 0.29) is 24.3 Å². The number of ketones is 1. The first-order valence-electron chi connectivity index (χ1n) is 9.38. The second-order valence-corrected chi connectivity index (χ2v) is 7.98. The maximum Gasteiger partial charge on any atom is 0.238 e. The predicted octanol–water partition coefficient (Wildman–Crippen LogP) is 4.54. The Kier molecular flexibility index (Phi) is 5.37. The zero-order chi connectivity index (χ0) is 19.5. The number of fused-ring (bicyclic) bond motifs is 1. The van der Waals surface area contributed by atoms with Crippen LogP contribution in [0.3, 0.4) is 0 Å². The highest BCUT2D eigenvalue weighted by Gasteiger charge is 2.30. The van der Waals surface area contributed by atoms with Crippen LogP contribution in [0, 0.1) is 0 Å². The van der Waals surface area contributed by atoms with E-state index in [1.807, 2.05) is 24.3 Å². The molecule has 1 amide bonds. The second kappa shape index (κ2) is 8.09. The molecule has 2 aromatic carbocycles. The van der Waals surface area contributed by atoms with Crippen LogP contribution in [-0.2, 0) is 11.2 Å². The van der Waals surface area contributed by atoms with Crippen LogP contribution in [0.5, 0.6) is 0 Å². The molecule has 1 aliphatic rings. The van der Waals surface area contributed by atoms with Crippen molar-refractivity contribution in [3.05, 3.63) is 87.6 Å². The summed E-state index contributed by atoms with van der Waals surface area (Å²) in [5.41, 5.74) is 3.59. The lowest BCUT2D eigenvalue weighted by Gasteiger charge is -2.35. The van der Waals surface area contributed by atoms with Gasteiger partial charge in [0.15, 0.2) is 5.78 Å². The van der Waals surface area contributed by atoms with Gasteiger partial charge in [-0.1, -0.05) is 42.5 Å². The monoisotopic (exact) mass is 390 g/mol. The van der Waals surface area contributed by atoms with Crippen molar-refractivity contribution < 1.29 is 9.59 Å². The number of amides is 1. The third-order valence-electron chi connectivity index (χ3n) is 5.11. The van der Waals surface area contributed by atoms with Gasteiger partial charge in [0.2, 0.25) is 5.91 Å². The number of hydrogen-bond acceptors (Lipinski definition) is 4. The van der Waals surface area contributed by atoms with E-state index in [9.17, 15) is 9.59 Å². The zero-order valence-electron chi connectivity index (χ0n) is 15.7. The summed E-state index contributed by atoms with van der Waals surface area (Å²) in [6.45, 7) is 2.62. The van der Waals surface area contributed by atoms with Crippen LogP contribution in [0.1, 0.15) is 39.3 Å². The molecular weight excluding hydrogens is 368 g/mol. The van der Waals surface area contributed by atoms with Gasteiger partial charge in [-0.25, -0.2) is 0 Å². The van der Waals surface area contributed by atoms with E-state index >= 15 is 0 Å². The van der Waals surface area contributed by atoms with Gasteiger partial charge >= 0.3 is 0 Å². The van der Waals surface area contributed by atoms with Crippen LogP contribution in [0.15, 0.2) is 66.0 Å². The van der Waals surface area contributed by atoms with Crippen molar-refractivity contribution in [3.63, 3.8) is 0 Å². The van der Waals surface area contributed by atoms with Gasteiger partial charge in [0.05, 0.1) is 18.3 Å². The van der Waals surface area contributed by atoms with Gasteiger partial charge in [-0.2, -0.15) is 0 Å². The van der Waals surface area contributed by atoms with Crippen LogP contribution < -0.4 is 5.32 Å². The summed E-state index contributed by atoms with van der Waals surface area (Å²) in [4.78, 5) is 28.3. The molecule has 5 heteroatoms. The SMILES string of the molecule is CC(=O)c1ccccc1NC(=O)CN1CCc2sccc2[C@H]1c1ccccc1. The number of nitrogens with one attached hydrogen (secondary N) is 1. The standard InChI is InChI=1S/C23H22N2O2S/c1-16(26)18-9-5-6-10-20(18)24-22(27)15-25-13-11-21-19(12-14-28-21)23(25)17-7-3-2-4-8-17/h2-10,12,14,23H,11,13,15H2,1H3,(H,24,27)/t23-/m1/s1. The highest BCUT2D eigenvalue weighted by Crippen LogP contribution is 2.37. The average molecular weight is 391 g/mol. The number of rotatable bonds is 5. The Morgan fingerprint density at radius 2 is 1.82 bits per heavy atom. The zero-order valence-corrected chi connectivity index (χ0v) is 16.5. The minimum atomic E-state index is -0.103. The largest absolute Gasteiger partial charge is 0.324 e. The molecule has 1 atom stereocenters. The average Bonchev–Trinajstić information content (AvgIpc) is 3.17. The number of carbonyl (C=O) groups is 2. The number of carbonyl (C=O) groups excluding carboxylic acids is 2. The van der Waals surface area contributed by atoms with Crippen LogP contribution in [0.25, 0.3) is 0 Å². The van der Waals surface area contributed by atoms with Gasteiger partial charge in [-0.15, -0.1) is 11.3 Å². The Hall–Kier alpha value is -2.76. The number of anilines is 1. The van der Waals surface area contributed by atoms with Crippen LogP contribution in [-0.4, -0.2) is 29.7 Å². The normalized spacial score (nSPS) is 16.4. The summed E-state index contributed by atoms with van der Waals surface area (Å²) in [5.74, 6) is -0.160. The Morgan fingerprint density at radius 1 is 1.07 bits per heavy atom. The first-order chi connectivity index (χ1) is 13.6. The van der Waals surface area contributed by atoms with Gasteiger partial charge in [0.25, 0.3) is 0 Å². The molecule has 0 radical (unpaired) electrons. The van der Waals surface area contributed by atoms with Gasteiger partial charge < -0.3 is 5.32 Å². The number of para-hydroxylation sites is 1. The molecule has 28 heavy (non-hydrogen) atoms. The molecule has 2 heterocycles. The molecule has 0 spiro atoms. The number of hydrogen-bond donors (Lipinski definition) is 1. The van der Waals surface area contributed by atoms with E-state index in [2.05, 4.69) is 33.8 Å². The molecule has 1 N–H and O–H groups in total. The van der Waals surface area contributed by atoms with Gasteiger partial charge in [0.1, 0.15) is 0 Å². The smallest absolute Gasteiger partial charge is 0.238 e. The molecule has 0 bridgehead atoms. The van der Waals surface area contributed by atoms with Crippen molar-refractivity contribution in [2.24, 2.45) is 0 Å². The van der Waals surface area contributed by atoms with Crippen molar-refractivity contribution in [2.75, 3.05) is 18.4 Å². The number of thiophene rings is 1. The van der Waals surface area contributed by atoms with E-state index in [0.29, 0.717) is 11.3 Å². The third kappa shape index (κ3) is 3.77. The number of nitrogens with zero attached hydrogens (tertiary/aromatic N) is 1. The molecule has 1 aromatic heterocycles. The van der Waals surface area contributed by atoms with Crippen LogP contribution >= 0.6 is 11.3 Å². The lowest BCUT2D eigenvalue weighted by atomic mass is 9.93. The lowest BCUT2D eigenvalue weighted by molar-refractivity contribution is -0.117. The molecule has 0 fully saturated rings. The molecule has 0 unspecified atom stereocenters. The molecule has 142 valence electrons. The van der Waals surface area contributed by atoms with Crippen molar-refractivity contribution in [3.8, 4) is 0 Å². The van der Waals surface area contributed by atoms with Crippen molar-refractivity contribution >= 4 is 28.7 Å². The molecule has 3 aromatic rings. The first-order valence-corrected chi connectivity index (χ1v) is 10.3. The van der Waals surface area contributed by atoms with E-state index in [1.54, 1.807) is 29.5 Å². The minimum absolute atomic E-state index is 0.0565. The maximum atomic E-state index is 12.8. The Labute approximate surface area is 168 Å². The highest BCUT2D eigenvalue weighted by molar-refractivity contribution is 7.10. The predicted molar refractivity (Wildman–Crippen MR) is 113 cm³/mol. The Bertz CT molecular complexity index is 997. The Balaban J connectivity index is 1.57. The van der Waals surface area contributed by atoms with E-state index < -0.39 is 0 Å². The molecular formula is C23H22N2O2S. The van der Waals surface area contributed by atoms with E-state index in [4.69, 9.17) is 0 Å². The summed E-state index contributed by atoms with van der Waals surface area (Å²) in [6.07, 6.45) is 0.952. The first kappa shape index (κ1) is 18.6. The molecule has 4 rings (SSSR count). The van der Waals surface area contributed by atoms with E-state index in [0.717, 1.165) is 13.0 Å². The lowest BCUT2D eigenvalue weighted by Crippen LogP contribution is -2.40. The third-order valence-corrected chi connectivity index (χ3v) is 6.10. The van der Waals surface area contributed by atoms with Crippen LogP contribution in [0.2, 0.25) is 0 Å². The molecule has 1 aliphatic heterocycles. The van der Waals surface area contributed by atoms with Crippen molar-refractivity contribution in [1.82, 2.24) is 4.90 Å². The van der Waals surface area contributed by atoms with Crippen molar-refractivity contribution in [1.29, 1.82) is 0 Å². The Morgan fingerprint density at radius 3 is 2.61 bits per heavy atom. The summed E-state index contributed by atoms with van der Waals surface area (Å²) in [6, 6.07) is 19.7. The van der Waals surface area contributed by atoms with Gasteiger partial charge in [-0.05, 0) is 48.1 Å². The topological polar surface area (TPSA) is 49.4 Å². The summed E-state index contributed by atoms with van der Waals surface area (Å²) >= 11 is 1.79. The van der Waals surface area contributed by atoms with Crippen molar-refractivity contribution in [2.45, 2.75) is 19.4 Å². The molecule has 0 aliphatic carbocycles. The summed E-state index contributed by atoms with van der Waals surface area (Å²) in [7, 11) is 0. The fraction of sp³-hybridized carbons (Fsp3) is 0.217. The number of Topliss-reactive ketones (excluding diaryl/α,β-unsaturated/α-hetero) is 1. The van der Waals surface area contributed by atoms with Gasteiger partial charge in [-0.3, -0.25) is 14.5 Å². The van der Waals surface area contributed by atoms with Crippen LogP contribution in [0.4, 0.5) is 5.69 Å². The minimum Gasteiger partial charge on any atom is -0.324 e. The van der Waals surface area contributed by atoms with Gasteiger partial charge in [0, 0.05) is 17.0 Å². The summed E-state index contributed by atoms with van der Waals surface area (Å²) < 4.78 is 0. The maximum absolute atomic E-state index is 12.8. The van der Waals surface area contributed by atoms with E-state index in [1.165, 1.54) is 22.9 Å². The second-order valence-electron chi connectivity index (χ2n) is 6.98. The highest BCUT2D eigenvalue weighted by atomic mass is 32.1. The molecule has 0 saturated heterocycles. The molecule has 0 saturated carbocycles. The summed E-state index contributed by atoms with van der Waals surface area (Å²) in [5, 5.41) is 5.06. The fourth-order valence-corrected chi connectivity index (χ4v) is 4.74. The number of benzene rings is 2. The quantitative estimate of drug-likeness (QED) is 0.651. The molecule has 4 nitrogen and oxygen atoms in total. The fourth-order valence-electron chi connectivity index (χ4n) is 3.84.